The van der Waals surface area contributed by atoms with Gasteiger partial charge in [-0.15, -0.1) is 11.3 Å². The molecule has 1 atom stereocenters. The lowest BCUT2D eigenvalue weighted by molar-refractivity contribution is -0.137. The number of alkyl halides is 3. The van der Waals surface area contributed by atoms with Crippen LogP contribution in [0.5, 0.6) is 0 Å². The molecule has 37 heavy (non-hydrogen) atoms. The molecule has 4 heterocycles. The first-order valence-corrected chi connectivity index (χ1v) is 11.8. The van der Waals surface area contributed by atoms with Crippen LogP contribution < -0.4 is 10.6 Å². The van der Waals surface area contributed by atoms with Crippen molar-refractivity contribution >= 4 is 52.2 Å². The minimum atomic E-state index is -4.71. The minimum absolute atomic E-state index is 0.0932. The average molecular weight is 568 g/mol. The molecule has 0 spiro atoms. The molecule has 4 rings (SSSR count). The molecule has 1 unspecified atom stereocenters. The van der Waals surface area contributed by atoms with Crippen LogP contribution in [0.25, 0.3) is 11.3 Å². The Morgan fingerprint density at radius 2 is 1.76 bits per heavy atom. The summed E-state index contributed by atoms with van der Waals surface area (Å²) in [6.45, 7) is 1.65. The lowest BCUT2D eigenvalue weighted by Gasteiger charge is -2.11. The van der Waals surface area contributed by atoms with E-state index in [2.05, 4.69) is 35.6 Å². The number of nitrogens with zero attached hydrogens (tertiary/aromatic N) is 5. The lowest BCUT2D eigenvalue weighted by Crippen LogP contribution is -2.27. The molecule has 0 aromatic carbocycles. The fraction of sp³-hybridized carbons (Fsp3) is 0.136. The van der Waals surface area contributed by atoms with E-state index in [0.29, 0.717) is 27.5 Å². The second kappa shape index (κ2) is 10.7. The molecule has 0 bridgehead atoms. The Kier molecular flexibility index (Phi) is 7.66. The molecule has 2 N–H and O–H groups in total. The van der Waals surface area contributed by atoms with Gasteiger partial charge in [0.05, 0.1) is 28.5 Å². The van der Waals surface area contributed by atoms with E-state index in [1.165, 1.54) is 24.8 Å². The Bertz CT molecular complexity index is 1470. The molecule has 9 nitrogen and oxygen atoms in total. The summed E-state index contributed by atoms with van der Waals surface area (Å²) in [5, 5.41) is 5.13. The van der Waals surface area contributed by atoms with Crippen molar-refractivity contribution in [1.29, 1.82) is 0 Å². The van der Waals surface area contributed by atoms with Gasteiger partial charge in [-0.1, -0.05) is 23.2 Å². The average Bonchev–Trinajstić information content (AvgIpc) is 3.36. The van der Waals surface area contributed by atoms with Crippen molar-refractivity contribution in [2.24, 2.45) is 0 Å². The molecule has 0 aliphatic carbocycles. The van der Waals surface area contributed by atoms with E-state index in [-0.39, 0.29) is 16.4 Å². The maximum absolute atomic E-state index is 13.0. The Balaban J connectivity index is 1.43. The summed E-state index contributed by atoms with van der Waals surface area (Å²) in [4.78, 5) is 45.3. The van der Waals surface area contributed by atoms with Gasteiger partial charge < -0.3 is 10.6 Å². The molecule has 0 aliphatic heterocycles. The van der Waals surface area contributed by atoms with E-state index in [9.17, 15) is 22.8 Å². The van der Waals surface area contributed by atoms with Crippen molar-refractivity contribution in [1.82, 2.24) is 30.2 Å². The van der Waals surface area contributed by atoms with Crippen molar-refractivity contribution in [2.45, 2.75) is 19.1 Å². The fourth-order valence-electron chi connectivity index (χ4n) is 2.99. The smallest absolute Gasteiger partial charge is 0.342 e. The van der Waals surface area contributed by atoms with E-state index in [0.717, 1.165) is 17.5 Å². The monoisotopic (exact) mass is 567 g/mol. The Labute approximate surface area is 221 Å². The van der Waals surface area contributed by atoms with Crippen molar-refractivity contribution in [3.63, 3.8) is 0 Å². The second-order valence-corrected chi connectivity index (χ2v) is 9.27. The highest BCUT2D eigenvalue weighted by molar-refractivity contribution is 7.13. The molecule has 0 saturated carbocycles. The van der Waals surface area contributed by atoms with Crippen LogP contribution in [0.15, 0.2) is 49.2 Å². The topological polar surface area (TPSA) is 123 Å². The van der Waals surface area contributed by atoms with Gasteiger partial charge in [-0.2, -0.15) is 13.2 Å². The van der Waals surface area contributed by atoms with Crippen LogP contribution in [0.4, 0.5) is 19.0 Å². The summed E-state index contributed by atoms with van der Waals surface area (Å²) in [6, 6.07) is 4.81. The molecule has 0 saturated heterocycles. The highest BCUT2D eigenvalue weighted by Gasteiger charge is 2.34. The van der Waals surface area contributed by atoms with Crippen LogP contribution in [0.2, 0.25) is 10.2 Å². The molecule has 0 radical (unpaired) electrons. The fourth-order valence-corrected chi connectivity index (χ4v) is 4.13. The van der Waals surface area contributed by atoms with Crippen molar-refractivity contribution in [3.05, 3.63) is 80.5 Å². The first-order chi connectivity index (χ1) is 17.5. The highest BCUT2D eigenvalue weighted by atomic mass is 35.5. The summed E-state index contributed by atoms with van der Waals surface area (Å²) < 4.78 is 39.1. The summed E-state index contributed by atoms with van der Waals surface area (Å²) in [6.07, 6.45) is 0.0957. The van der Waals surface area contributed by atoms with E-state index < -0.39 is 34.6 Å². The van der Waals surface area contributed by atoms with Gasteiger partial charge in [0.25, 0.3) is 11.8 Å². The Morgan fingerprint density at radius 3 is 2.46 bits per heavy atom. The third-order valence-corrected chi connectivity index (χ3v) is 6.49. The molecule has 0 fully saturated rings. The number of rotatable bonds is 6. The van der Waals surface area contributed by atoms with Gasteiger partial charge in [0.1, 0.15) is 32.9 Å². The summed E-state index contributed by atoms with van der Waals surface area (Å²) in [5.41, 5.74) is 0.0771. The Morgan fingerprint density at radius 1 is 0.973 bits per heavy atom. The van der Waals surface area contributed by atoms with Crippen molar-refractivity contribution in [2.75, 3.05) is 5.32 Å². The quantitative estimate of drug-likeness (QED) is 0.296. The van der Waals surface area contributed by atoms with Gasteiger partial charge >= 0.3 is 6.18 Å². The van der Waals surface area contributed by atoms with Crippen LogP contribution in [0.3, 0.4) is 0 Å². The molecular formula is C22H14Cl2F3N7O2S. The SMILES string of the molecule is CC(NC(=O)c1cc(-c2ccc(Cl)nc2)ncn1)c1ncc(C(=O)Nc2cc(C(F)(F)F)c(Cl)cn2)s1. The number of nitrogens with one attached hydrogen (secondary N) is 2. The van der Waals surface area contributed by atoms with Gasteiger partial charge in [-0.25, -0.2) is 24.9 Å². The number of hydrogen-bond acceptors (Lipinski definition) is 8. The van der Waals surface area contributed by atoms with Gasteiger partial charge in [-0.05, 0) is 31.2 Å². The Hall–Kier alpha value is -3.68. The van der Waals surface area contributed by atoms with Crippen molar-refractivity contribution < 1.29 is 22.8 Å². The number of aromatic nitrogens is 5. The van der Waals surface area contributed by atoms with E-state index in [1.54, 1.807) is 19.1 Å². The van der Waals surface area contributed by atoms with E-state index in [4.69, 9.17) is 23.2 Å². The zero-order chi connectivity index (χ0) is 26.7. The first kappa shape index (κ1) is 26.4. The van der Waals surface area contributed by atoms with Crippen LogP contribution in [0.1, 0.15) is 43.7 Å². The summed E-state index contributed by atoms with van der Waals surface area (Å²) >= 11 is 12.3. The molecule has 15 heteroatoms. The van der Waals surface area contributed by atoms with Crippen molar-refractivity contribution in [3.8, 4) is 11.3 Å². The third-order valence-electron chi connectivity index (χ3n) is 4.79. The van der Waals surface area contributed by atoms with Crippen LogP contribution in [0, 0.1) is 0 Å². The zero-order valence-electron chi connectivity index (χ0n) is 18.5. The molecule has 4 aromatic rings. The summed E-state index contributed by atoms with van der Waals surface area (Å²) in [5.74, 6) is -1.56. The van der Waals surface area contributed by atoms with E-state index >= 15 is 0 Å². The minimum Gasteiger partial charge on any atom is -0.342 e. The standard InChI is InChI=1S/C22H14Cl2F3N7O2S/c1-10(33-19(35)15-5-14(31-9-32-15)11-2-3-17(24)28-6-11)21-30-8-16(37-21)20(36)34-18-4-12(22(25,26)27)13(23)7-29-18/h2-10H,1H3,(H,33,35)(H,29,34,36). The molecule has 2 amide bonds. The van der Waals surface area contributed by atoms with Crippen LogP contribution in [-0.4, -0.2) is 36.7 Å². The van der Waals surface area contributed by atoms with Crippen LogP contribution in [-0.2, 0) is 6.18 Å². The predicted molar refractivity (Wildman–Crippen MR) is 130 cm³/mol. The van der Waals surface area contributed by atoms with Crippen LogP contribution >= 0.6 is 34.5 Å². The molecular weight excluding hydrogens is 554 g/mol. The van der Waals surface area contributed by atoms with Gasteiger partial charge in [0.15, 0.2) is 0 Å². The number of halogens is 5. The third kappa shape index (κ3) is 6.37. The van der Waals surface area contributed by atoms with Gasteiger partial charge in [0.2, 0.25) is 0 Å². The largest absolute Gasteiger partial charge is 0.418 e. The number of anilines is 1. The molecule has 4 aromatic heterocycles. The number of hydrogen-bond donors (Lipinski definition) is 2. The summed E-state index contributed by atoms with van der Waals surface area (Å²) in [7, 11) is 0. The number of thiazole rings is 1. The number of pyridine rings is 2. The predicted octanol–water partition coefficient (Wildman–Crippen LogP) is 5.46. The number of carbonyl (C=O) groups is 2. The lowest BCUT2D eigenvalue weighted by atomic mass is 10.2. The second-order valence-electron chi connectivity index (χ2n) is 7.42. The molecule has 0 aliphatic rings. The zero-order valence-corrected chi connectivity index (χ0v) is 20.9. The number of carbonyl (C=O) groups excluding carboxylic acids is 2. The first-order valence-electron chi connectivity index (χ1n) is 10.3. The highest BCUT2D eigenvalue weighted by Crippen LogP contribution is 2.35. The normalized spacial score (nSPS) is 12.2. The number of amides is 2. The maximum atomic E-state index is 13.0. The van der Waals surface area contributed by atoms with Gasteiger partial charge in [0, 0.05) is 18.0 Å². The molecule has 190 valence electrons. The van der Waals surface area contributed by atoms with E-state index in [1.807, 2.05) is 0 Å². The van der Waals surface area contributed by atoms with Gasteiger partial charge in [-0.3, -0.25) is 9.59 Å². The maximum Gasteiger partial charge on any atom is 0.418 e.